The van der Waals surface area contributed by atoms with Gasteiger partial charge in [0.2, 0.25) is 11.8 Å². The molecule has 0 atom stereocenters. The Hall–Kier alpha value is -2.77. The van der Waals surface area contributed by atoms with Crippen LogP contribution >= 0.6 is 0 Å². The number of aromatic nitrogens is 2. The summed E-state index contributed by atoms with van der Waals surface area (Å²) in [5.41, 5.74) is -0.544. The molecule has 1 aromatic carbocycles. The van der Waals surface area contributed by atoms with Gasteiger partial charge in [-0.1, -0.05) is 6.07 Å². The predicted octanol–water partition coefficient (Wildman–Crippen LogP) is 2.88. The number of hydrogen-bond acceptors (Lipinski definition) is 5. The Balaban J connectivity index is 1.53. The summed E-state index contributed by atoms with van der Waals surface area (Å²) in [6, 6.07) is 3.21. The fourth-order valence-electron chi connectivity index (χ4n) is 2.95. The van der Waals surface area contributed by atoms with Crippen LogP contribution in [0.1, 0.15) is 36.0 Å². The van der Waals surface area contributed by atoms with Crippen LogP contribution in [0.5, 0.6) is 11.8 Å². The number of amides is 1. The van der Waals surface area contributed by atoms with Gasteiger partial charge in [-0.3, -0.25) is 9.78 Å². The second-order valence-electron chi connectivity index (χ2n) is 6.06. The van der Waals surface area contributed by atoms with E-state index in [1.165, 1.54) is 25.6 Å². The lowest BCUT2D eigenvalue weighted by Crippen LogP contribution is -2.40. The van der Waals surface area contributed by atoms with Crippen molar-refractivity contribution in [3.63, 3.8) is 0 Å². The molecule has 6 nitrogen and oxygen atoms in total. The molecule has 1 amide bonds. The Bertz CT molecular complexity index is 760. The van der Waals surface area contributed by atoms with Gasteiger partial charge in [0, 0.05) is 6.04 Å². The van der Waals surface area contributed by atoms with Crippen LogP contribution in [-0.2, 0) is 0 Å². The van der Waals surface area contributed by atoms with E-state index in [1.807, 2.05) is 0 Å². The minimum atomic E-state index is -0.865. The monoisotopic (exact) mass is 363 g/mol. The summed E-state index contributed by atoms with van der Waals surface area (Å²) in [5, 5.41) is 2.70. The number of hydrogen-bond donors (Lipinski definition) is 1. The molecule has 0 aliphatic heterocycles. The molecule has 1 N–H and O–H groups in total. The van der Waals surface area contributed by atoms with Gasteiger partial charge in [-0.15, -0.1) is 0 Å². The van der Waals surface area contributed by atoms with E-state index in [0.29, 0.717) is 37.4 Å². The highest BCUT2D eigenvalue weighted by atomic mass is 19.1. The maximum absolute atomic E-state index is 13.7. The van der Waals surface area contributed by atoms with Gasteiger partial charge in [0.05, 0.1) is 19.5 Å². The lowest BCUT2D eigenvalue weighted by molar-refractivity contribution is 0.0881. The number of methoxy groups -OCH3 is 1. The van der Waals surface area contributed by atoms with Crippen LogP contribution in [0.3, 0.4) is 0 Å². The molecule has 0 spiro atoms. The standard InChI is InChI=1S/C18H19F2N3O3/c1-25-15-9-21-10-16(23-15)26-12-7-5-11(6-8-12)22-18(24)17-13(19)3-2-4-14(17)20/h2-4,9-12H,5-8H2,1H3,(H,22,24). The summed E-state index contributed by atoms with van der Waals surface area (Å²) in [5.74, 6) is -1.71. The molecule has 0 saturated heterocycles. The van der Waals surface area contributed by atoms with E-state index in [0.717, 1.165) is 12.1 Å². The molecule has 26 heavy (non-hydrogen) atoms. The van der Waals surface area contributed by atoms with Crippen LogP contribution in [0.15, 0.2) is 30.6 Å². The van der Waals surface area contributed by atoms with Gasteiger partial charge in [0.25, 0.3) is 5.91 Å². The highest BCUT2D eigenvalue weighted by Crippen LogP contribution is 2.24. The zero-order chi connectivity index (χ0) is 18.5. The third-order valence-electron chi connectivity index (χ3n) is 4.29. The molecule has 3 rings (SSSR count). The van der Waals surface area contributed by atoms with Gasteiger partial charge in [-0.05, 0) is 37.8 Å². The normalized spacial score (nSPS) is 19.7. The molecule has 2 aromatic rings. The second-order valence-corrected chi connectivity index (χ2v) is 6.06. The van der Waals surface area contributed by atoms with Crippen molar-refractivity contribution >= 4 is 5.91 Å². The lowest BCUT2D eigenvalue weighted by atomic mass is 9.92. The van der Waals surface area contributed by atoms with E-state index in [1.54, 1.807) is 0 Å². The van der Waals surface area contributed by atoms with Crippen molar-refractivity contribution in [1.29, 1.82) is 0 Å². The number of nitrogens with zero attached hydrogens (tertiary/aromatic N) is 2. The SMILES string of the molecule is COc1cncc(OC2CCC(NC(=O)c3c(F)cccc3F)CC2)n1. The smallest absolute Gasteiger partial charge is 0.257 e. The van der Waals surface area contributed by atoms with E-state index >= 15 is 0 Å². The fourth-order valence-corrected chi connectivity index (χ4v) is 2.95. The number of nitrogens with one attached hydrogen (secondary N) is 1. The van der Waals surface area contributed by atoms with E-state index in [-0.39, 0.29) is 12.1 Å². The first kappa shape index (κ1) is 18.0. The number of carbonyl (C=O) groups is 1. The topological polar surface area (TPSA) is 73.3 Å². The molecule has 1 aromatic heterocycles. The second kappa shape index (κ2) is 8.07. The fraction of sp³-hybridized carbons (Fsp3) is 0.389. The van der Waals surface area contributed by atoms with Gasteiger partial charge < -0.3 is 14.8 Å². The average molecular weight is 363 g/mol. The van der Waals surface area contributed by atoms with Gasteiger partial charge in [0.15, 0.2) is 0 Å². The predicted molar refractivity (Wildman–Crippen MR) is 89.1 cm³/mol. The first-order chi connectivity index (χ1) is 12.6. The van der Waals surface area contributed by atoms with Crippen molar-refractivity contribution in [1.82, 2.24) is 15.3 Å². The van der Waals surface area contributed by atoms with Crippen LogP contribution in [0, 0.1) is 11.6 Å². The third kappa shape index (κ3) is 4.25. The van der Waals surface area contributed by atoms with Gasteiger partial charge in [-0.2, -0.15) is 4.98 Å². The number of halogens is 2. The largest absolute Gasteiger partial charge is 0.480 e. The maximum Gasteiger partial charge on any atom is 0.257 e. The van der Waals surface area contributed by atoms with Gasteiger partial charge in [-0.25, -0.2) is 8.78 Å². The Morgan fingerprint density at radius 1 is 1.12 bits per heavy atom. The van der Waals surface area contributed by atoms with Crippen LogP contribution in [0.25, 0.3) is 0 Å². The Kier molecular flexibility index (Phi) is 5.60. The van der Waals surface area contributed by atoms with E-state index in [2.05, 4.69) is 15.3 Å². The van der Waals surface area contributed by atoms with Gasteiger partial charge >= 0.3 is 0 Å². The molecule has 1 heterocycles. The molecule has 0 unspecified atom stereocenters. The zero-order valence-electron chi connectivity index (χ0n) is 14.2. The molecular weight excluding hydrogens is 344 g/mol. The highest BCUT2D eigenvalue weighted by Gasteiger charge is 2.26. The van der Waals surface area contributed by atoms with Crippen molar-refractivity contribution in [3.05, 3.63) is 47.8 Å². The van der Waals surface area contributed by atoms with Crippen LogP contribution in [0.2, 0.25) is 0 Å². The van der Waals surface area contributed by atoms with Crippen molar-refractivity contribution in [2.24, 2.45) is 0 Å². The van der Waals surface area contributed by atoms with Gasteiger partial charge in [0.1, 0.15) is 23.3 Å². The lowest BCUT2D eigenvalue weighted by Gasteiger charge is -2.29. The van der Waals surface area contributed by atoms with Crippen molar-refractivity contribution < 1.29 is 23.0 Å². The average Bonchev–Trinajstić information content (AvgIpc) is 2.63. The zero-order valence-corrected chi connectivity index (χ0v) is 14.2. The molecule has 138 valence electrons. The molecule has 1 fully saturated rings. The number of carbonyl (C=O) groups excluding carboxylic acids is 1. The minimum absolute atomic E-state index is 0.0604. The Labute approximate surface area is 149 Å². The molecule has 0 bridgehead atoms. The number of ether oxygens (including phenoxy) is 2. The molecular formula is C18H19F2N3O3. The summed E-state index contributed by atoms with van der Waals surface area (Å²) in [6.07, 6.45) is 5.59. The van der Waals surface area contributed by atoms with E-state index in [4.69, 9.17) is 9.47 Å². The molecule has 1 saturated carbocycles. The first-order valence-corrected chi connectivity index (χ1v) is 8.34. The Morgan fingerprint density at radius 2 is 1.77 bits per heavy atom. The minimum Gasteiger partial charge on any atom is -0.480 e. The van der Waals surface area contributed by atoms with Crippen LogP contribution < -0.4 is 14.8 Å². The molecule has 1 aliphatic carbocycles. The highest BCUT2D eigenvalue weighted by molar-refractivity contribution is 5.94. The quantitative estimate of drug-likeness (QED) is 0.884. The summed E-state index contributed by atoms with van der Waals surface area (Å²) in [7, 11) is 1.50. The summed E-state index contributed by atoms with van der Waals surface area (Å²) in [6.45, 7) is 0. The number of rotatable bonds is 5. The molecule has 8 heteroatoms. The maximum atomic E-state index is 13.7. The summed E-state index contributed by atoms with van der Waals surface area (Å²) >= 11 is 0. The van der Waals surface area contributed by atoms with E-state index < -0.39 is 23.1 Å². The Morgan fingerprint density at radius 3 is 2.42 bits per heavy atom. The van der Waals surface area contributed by atoms with Crippen molar-refractivity contribution in [2.75, 3.05) is 7.11 Å². The van der Waals surface area contributed by atoms with Crippen LogP contribution in [0.4, 0.5) is 8.78 Å². The van der Waals surface area contributed by atoms with Crippen molar-refractivity contribution in [3.8, 4) is 11.8 Å². The van der Waals surface area contributed by atoms with Crippen molar-refractivity contribution in [2.45, 2.75) is 37.8 Å². The van der Waals surface area contributed by atoms with E-state index in [9.17, 15) is 13.6 Å². The molecule has 1 aliphatic rings. The third-order valence-corrected chi connectivity index (χ3v) is 4.29. The number of benzene rings is 1. The molecule has 0 radical (unpaired) electrons. The summed E-state index contributed by atoms with van der Waals surface area (Å²) < 4.78 is 38.1. The van der Waals surface area contributed by atoms with Crippen LogP contribution in [-0.4, -0.2) is 35.1 Å². The summed E-state index contributed by atoms with van der Waals surface area (Å²) in [4.78, 5) is 20.3. The first-order valence-electron chi connectivity index (χ1n) is 8.34.